The van der Waals surface area contributed by atoms with Crippen LogP contribution in [0.5, 0.6) is 0 Å². The first-order valence-corrected chi connectivity index (χ1v) is 12.6. The molecule has 0 bridgehead atoms. The fraction of sp³-hybridized carbons (Fsp3) is 0.115. The van der Waals surface area contributed by atoms with Gasteiger partial charge in [-0.25, -0.2) is 14.4 Å². The number of benzene rings is 3. The zero-order valence-corrected chi connectivity index (χ0v) is 20.9. The second-order valence-electron chi connectivity index (χ2n) is 7.61. The molecule has 172 valence electrons. The van der Waals surface area contributed by atoms with Crippen LogP contribution in [0.3, 0.4) is 0 Å². The van der Waals surface area contributed by atoms with Crippen molar-refractivity contribution in [3.63, 3.8) is 0 Å². The number of thioether (sulfide) groups is 1. The molecule has 0 saturated carbocycles. The molecule has 34 heavy (non-hydrogen) atoms. The zero-order valence-electron chi connectivity index (χ0n) is 18.5. The minimum Gasteiger partial charge on any atom is -0.320 e. The van der Waals surface area contributed by atoms with Crippen molar-refractivity contribution in [1.29, 1.82) is 0 Å². The monoisotopic (exact) mass is 509 g/mol. The summed E-state index contributed by atoms with van der Waals surface area (Å²) in [7, 11) is 0. The average Bonchev–Trinajstić information content (AvgIpc) is 2.82. The topological polar surface area (TPSA) is 54.9 Å². The Hall–Kier alpha value is -2.87. The highest BCUT2D eigenvalue weighted by atomic mass is 35.5. The van der Waals surface area contributed by atoms with Gasteiger partial charge in [0, 0.05) is 27.6 Å². The van der Waals surface area contributed by atoms with Crippen molar-refractivity contribution in [2.75, 3.05) is 5.32 Å². The maximum Gasteiger partial charge on any atom is 0.275 e. The molecule has 0 aliphatic carbocycles. The quantitative estimate of drug-likeness (QED) is 0.205. The van der Waals surface area contributed by atoms with E-state index in [0.717, 1.165) is 27.3 Å². The lowest BCUT2D eigenvalue weighted by Gasteiger charge is -2.12. The maximum atomic E-state index is 13.3. The average molecular weight is 510 g/mol. The Morgan fingerprint density at radius 3 is 2.47 bits per heavy atom. The standard InChI is InChI=1S/C26H21ClFN3OS2/c1-16-3-12-22(17(2)13-16)30-25(32)24-23(34-21-10-6-19(27)7-11-21)14-29-26(31-24)33-15-18-4-8-20(28)9-5-18/h3-14H,15H2,1-2H3,(H,30,32). The third kappa shape index (κ3) is 6.38. The van der Waals surface area contributed by atoms with E-state index in [9.17, 15) is 9.18 Å². The first kappa shape index (κ1) is 24.3. The second-order valence-corrected chi connectivity index (χ2v) is 10.1. The van der Waals surface area contributed by atoms with Gasteiger partial charge in [-0.3, -0.25) is 4.79 Å². The molecule has 0 saturated heterocycles. The van der Waals surface area contributed by atoms with Gasteiger partial charge in [-0.15, -0.1) is 0 Å². The van der Waals surface area contributed by atoms with Crippen LogP contribution < -0.4 is 5.32 Å². The van der Waals surface area contributed by atoms with Gasteiger partial charge in [-0.2, -0.15) is 0 Å². The molecule has 0 aliphatic heterocycles. The Balaban J connectivity index is 1.61. The van der Waals surface area contributed by atoms with E-state index >= 15 is 0 Å². The summed E-state index contributed by atoms with van der Waals surface area (Å²) in [5.41, 5.74) is 4.06. The number of amides is 1. The number of hydrogen-bond donors (Lipinski definition) is 1. The van der Waals surface area contributed by atoms with Gasteiger partial charge in [0.05, 0.1) is 4.90 Å². The van der Waals surface area contributed by atoms with Crippen molar-refractivity contribution >= 4 is 46.7 Å². The van der Waals surface area contributed by atoms with Crippen molar-refractivity contribution in [2.24, 2.45) is 0 Å². The van der Waals surface area contributed by atoms with E-state index in [-0.39, 0.29) is 17.4 Å². The lowest BCUT2D eigenvalue weighted by molar-refractivity contribution is 0.101. The Morgan fingerprint density at radius 2 is 1.76 bits per heavy atom. The van der Waals surface area contributed by atoms with Crippen LogP contribution in [0, 0.1) is 19.7 Å². The minimum atomic E-state index is -0.311. The molecular formula is C26H21ClFN3OS2. The molecule has 1 aromatic heterocycles. The summed E-state index contributed by atoms with van der Waals surface area (Å²) in [6.07, 6.45) is 1.66. The summed E-state index contributed by atoms with van der Waals surface area (Å²) in [5.74, 6) is -0.0318. The molecule has 1 N–H and O–H groups in total. The number of anilines is 1. The van der Waals surface area contributed by atoms with E-state index < -0.39 is 0 Å². The van der Waals surface area contributed by atoms with Crippen LogP contribution in [-0.2, 0) is 5.75 Å². The van der Waals surface area contributed by atoms with Crippen LogP contribution in [0.4, 0.5) is 10.1 Å². The number of halogens is 2. The maximum absolute atomic E-state index is 13.3. The first-order valence-electron chi connectivity index (χ1n) is 10.4. The van der Waals surface area contributed by atoms with E-state index in [0.29, 0.717) is 20.8 Å². The highest BCUT2D eigenvalue weighted by Crippen LogP contribution is 2.32. The Labute approximate surface area is 211 Å². The van der Waals surface area contributed by atoms with Gasteiger partial charge in [0.15, 0.2) is 5.16 Å². The lowest BCUT2D eigenvalue weighted by Crippen LogP contribution is -2.16. The van der Waals surface area contributed by atoms with E-state index in [4.69, 9.17) is 11.6 Å². The lowest BCUT2D eigenvalue weighted by atomic mass is 10.1. The third-order valence-electron chi connectivity index (χ3n) is 4.90. The predicted molar refractivity (Wildman–Crippen MR) is 137 cm³/mol. The molecule has 0 unspecified atom stereocenters. The van der Waals surface area contributed by atoms with E-state index in [1.54, 1.807) is 30.5 Å². The van der Waals surface area contributed by atoms with Crippen LogP contribution in [0.2, 0.25) is 5.02 Å². The number of nitrogens with one attached hydrogen (secondary N) is 1. The van der Waals surface area contributed by atoms with Crippen LogP contribution in [0.15, 0.2) is 87.9 Å². The summed E-state index contributed by atoms with van der Waals surface area (Å²) in [6, 6.07) is 19.5. The molecule has 0 radical (unpaired) electrons. The highest BCUT2D eigenvalue weighted by Gasteiger charge is 2.18. The molecule has 4 rings (SSSR count). The summed E-state index contributed by atoms with van der Waals surface area (Å²) in [4.78, 5) is 23.9. The summed E-state index contributed by atoms with van der Waals surface area (Å²) in [6.45, 7) is 3.96. The molecule has 0 aliphatic rings. The SMILES string of the molecule is Cc1ccc(NC(=O)c2nc(SCc3ccc(F)cc3)ncc2Sc2ccc(Cl)cc2)c(C)c1. The highest BCUT2D eigenvalue weighted by molar-refractivity contribution is 7.99. The number of carbonyl (C=O) groups excluding carboxylic acids is 1. The predicted octanol–water partition coefficient (Wildman–Crippen LogP) is 7.58. The number of nitrogens with zero attached hydrogens (tertiary/aromatic N) is 2. The first-order chi connectivity index (χ1) is 16.4. The van der Waals surface area contributed by atoms with Crippen molar-refractivity contribution in [2.45, 2.75) is 34.5 Å². The largest absolute Gasteiger partial charge is 0.320 e. The summed E-state index contributed by atoms with van der Waals surface area (Å²) in [5, 5.41) is 4.09. The van der Waals surface area contributed by atoms with Crippen LogP contribution >= 0.6 is 35.1 Å². The Morgan fingerprint density at radius 1 is 1.03 bits per heavy atom. The van der Waals surface area contributed by atoms with Crippen molar-refractivity contribution in [3.8, 4) is 0 Å². The van der Waals surface area contributed by atoms with Gasteiger partial charge < -0.3 is 5.32 Å². The third-order valence-corrected chi connectivity index (χ3v) is 7.11. The Bertz CT molecular complexity index is 1310. The van der Waals surface area contributed by atoms with Gasteiger partial charge >= 0.3 is 0 Å². The molecule has 0 atom stereocenters. The number of carbonyl (C=O) groups is 1. The van der Waals surface area contributed by atoms with Gasteiger partial charge in [-0.05, 0) is 67.4 Å². The van der Waals surface area contributed by atoms with Crippen molar-refractivity contribution in [1.82, 2.24) is 9.97 Å². The fourth-order valence-electron chi connectivity index (χ4n) is 3.15. The number of hydrogen-bond acceptors (Lipinski definition) is 5. The molecule has 8 heteroatoms. The van der Waals surface area contributed by atoms with Gasteiger partial charge in [0.25, 0.3) is 5.91 Å². The Kier molecular flexibility index (Phi) is 7.88. The van der Waals surface area contributed by atoms with Gasteiger partial charge in [0.1, 0.15) is 11.5 Å². The molecule has 4 aromatic rings. The number of rotatable bonds is 7. The van der Waals surface area contributed by atoms with E-state index in [1.807, 2.05) is 44.2 Å². The molecule has 1 heterocycles. The van der Waals surface area contributed by atoms with E-state index in [2.05, 4.69) is 15.3 Å². The smallest absolute Gasteiger partial charge is 0.275 e. The molecular weight excluding hydrogens is 489 g/mol. The molecule has 1 amide bonds. The normalized spacial score (nSPS) is 10.8. The van der Waals surface area contributed by atoms with Gasteiger partial charge in [-0.1, -0.05) is 65.0 Å². The number of aromatic nitrogens is 2. The second kappa shape index (κ2) is 11.0. The summed E-state index contributed by atoms with van der Waals surface area (Å²) < 4.78 is 13.2. The van der Waals surface area contributed by atoms with Crippen LogP contribution in [0.25, 0.3) is 0 Å². The molecule has 4 nitrogen and oxygen atoms in total. The zero-order chi connectivity index (χ0) is 24.1. The molecule has 0 spiro atoms. The van der Waals surface area contributed by atoms with E-state index in [1.165, 1.54) is 35.7 Å². The van der Waals surface area contributed by atoms with Gasteiger partial charge in [0.2, 0.25) is 0 Å². The minimum absolute atomic E-state index is 0.279. The fourth-order valence-corrected chi connectivity index (χ4v) is 4.92. The molecule has 0 fully saturated rings. The number of aryl methyl sites for hydroxylation is 2. The van der Waals surface area contributed by atoms with Crippen molar-refractivity contribution in [3.05, 3.63) is 106 Å². The summed E-state index contributed by atoms with van der Waals surface area (Å²) >= 11 is 8.79. The van der Waals surface area contributed by atoms with Crippen LogP contribution in [-0.4, -0.2) is 15.9 Å². The molecule has 3 aromatic carbocycles. The van der Waals surface area contributed by atoms with Crippen molar-refractivity contribution < 1.29 is 9.18 Å². The van der Waals surface area contributed by atoms with Crippen LogP contribution in [0.1, 0.15) is 27.2 Å².